The topological polar surface area (TPSA) is 83.7 Å². The molecule has 0 atom stereocenters. The van der Waals surface area contributed by atoms with E-state index in [1.807, 2.05) is 0 Å². The third-order valence-electron chi connectivity index (χ3n) is 3.57. The minimum absolute atomic E-state index is 0.00350. The Hall–Kier alpha value is -1.37. The van der Waals surface area contributed by atoms with E-state index in [9.17, 15) is 14.9 Å². The first-order valence-electron chi connectivity index (χ1n) is 6.51. The second-order valence-corrected chi connectivity index (χ2v) is 5.64. The zero-order valence-corrected chi connectivity index (χ0v) is 12.6. The van der Waals surface area contributed by atoms with Crippen LogP contribution >= 0.6 is 23.2 Å². The van der Waals surface area contributed by atoms with E-state index in [1.165, 1.54) is 4.90 Å². The van der Waals surface area contributed by atoms with Gasteiger partial charge in [0.05, 0.1) is 27.1 Å². The van der Waals surface area contributed by atoms with Gasteiger partial charge in [-0.25, -0.2) is 0 Å². The molecule has 1 aliphatic rings. The lowest BCUT2D eigenvalue weighted by Crippen LogP contribution is -2.45. The summed E-state index contributed by atoms with van der Waals surface area (Å²) in [4.78, 5) is 24.3. The normalized spacial score (nSPS) is 14.6. The molecule has 1 aliphatic carbocycles. The van der Waals surface area contributed by atoms with Crippen LogP contribution in [0.15, 0.2) is 12.1 Å². The quantitative estimate of drug-likeness (QED) is 0.663. The average molecular weight is 333 g/mol. The van der Waals surface area contributed by atoms with Crippen molar-refractivity contribution in [2.75, 3.05) is 13.2 Å². The first-order chi connectivity index (χ1) is 9.95. The van der Waals surface area contributed by atoms with Crippen molar-refractivity contribution >= 4 is 34.8 Å². The molecule has 1 aromatic rings. The van der Waals surface area contributed by atoms with Gasteiger partial charge in [-0.3, -0.25) is 14.9 Å². The third-order valence-corrected chi connectivity index (χ3v) is 4.37. The van der Waals surface area contributed by atoms with Gasteiger partial charge in [0.25, 0.3) is 11.6 Å². The molecule has 1 aromatic carbocycles. The Bertz CT molecular complexity index is 576. The minimum atomic E-state index is -0.626. The molecule has 1 fully saturated rings. The van der Waals surface area contributed by atoms with Gasteiger partial charge in [0.15, 0.2) is 0 Å². The average Bonchev–Trinajstić information content (AvgIpc) is 2.38. The van der Waals surface area contributed by atoms with Crippen LogP contribution in [-0.2, 0) is 0 Å². The lowest BCUT2D eigenvalue weighted by Gasteiger charge is -2.37. The molecule has 6 nitrogen and oxygen atoms in total. The summed E-state index contributed by atoms with van der Waals surface area (Å²) in [5, 5.41) is 19.9. The van der Waals surface area contributed by atoms with Gasteiger partial charge in [-0.15, -0.1) is 0 Å². The fourth-order valence-electron chi connectivity index (χ4n) is 2.25. The van der Waals surface area contributed by atoms with Crippen molar-refractivity contribution in [3.8, 4) is 0 Å². The molecule has 2 rings (SSSR count). The van der Waals surface area contributed by atoms with Crippen molar-refractivity contribution in [3.63, 3.8) is 0 Å². The molecule has 114 valence electrons. The number of nitrogens with zero attached hydrogens (tertiary/aromatic N) is 2. The second kappa shape index (κ2) is 6.60. The van der Waals surface area contributed by atoms with Crippen molar-refractivity contribution in [3.05, 3.63) is 37.9 Å². The number of hydrogen-bond donors (Lipinski definition) is 1. The van der Waals surface area contributed by atoms with E-state index >= 15 is 0 Å². The number of nitro groups is 1. The van der Waals surface area contributed by atoms with E-state index in [1.54, 1.807) is 0 Å². The largest absolute Gasteiger partial charge is 0.395 e. The number of carbonyl (C=O) groups excluding carboxylic acids is 1. The summed E-state index contributed by atoms with van der Waals surface area (Å²) in [6.45, 7) is -0.0113. The Morgan fingerprint density at radius 1 is 1.43 bits per heavy atom. The van der Waals surface area contributed by atoms with Gasteiger partial charge in [-0.1, -0.05) is 23.2 Å². The minimum Gasteiger partial charge on any atom is -0.395 e. The van der Waals surface area contributed by atoms with Gasteiger partial charge in [-0.05, 0) is 19.3 Å². The first kappa shape index (κ1) is 16.0. The van der Waals surface area contributed by atoms with Gasteiger partial charge in [0.2, 0.25) is 0 Å². The van der Waals surface area contributed by atoms with Crippen LogP contribution in [0.2, 0.25) is 10.0 Å². The number of nitro benzene ring substituents is 1. The molecule has 1 N–H and O–H groups in total. The highest BCUT2D eigenvalue weighted by atomic mass is 35.5. The molecule has 0 saturated heterocycles. The molecular formula is C13H14Cl2N2O4. The molecule has 21 heavy (non-hydrogen) atoms. The molecule has 0 spiro atoms. The molecule has 1 saturated carbocycles. The molecule has 0 heterocycles. The van der Waals surface area contributed by atoms with E-state index in [-0.39, 0.29) is 40.5 Å². The maximum absolute atomic E-state index is 12.6. The van der Waals surface area contributed by atoms with E-state index in [2.05, 4.69) is 0 Å². The number of aliphatic hydroxyl groups is 1. The lowest BCUT2D eigenvalue weighted by atomic mass is 9.91. The molecular weight excluding hydrogens is 319 g/mol. The van der Waals surface area contributed by atoms with Crippen LogP contribution < -0.4 is 0 Å². The summed E-state index contributed by atoms with van der Waals surface area (Å²) in [5.41, 5.74) is -0.290. The van der Waals surface area contributed by atoms with E-state index in [0.717, 1.165) is 31.4 Å². The summed E-state index contributed by atoms with van der Waals surface area (Å²) in [6, 6.07) is 2.28. The van der Waals surface area contributed by atoms with Crippen molar-refractivity contribution in [2.45, 2.75) is 25.3 Å². The number of carbonyl (C=O) groups is 1. The number of amides is 1. The summed E-state index contributed by atoms with van der Waals surface area (Å²) in [6.07, 6.45) is 2.72. The number of hydrogen-bond acceptors (Lipinski definition) is 4. The molecule has 1 amide bonds. The number of non-ortho nitro benzene ring substituents is 1. The number of halogens is 2. The highest BCUT2D eigenvalue weighted by Gasteiger charge is 2.31. The fourth-order valence-corrected chi connectivity index (χ4v) is 2.65. The number of aliphatic hydroxyl groups excluding tert-OH is 1. The van der Waals surface area contributed by atoms with Crippen LogP contribution in [0.1, 0.15) is 29.6 Å². The predicted octanol–water partition coefficient (Wildman–Crippen LogP) is 2.89. The molecule has 0 bridgehead atoms. The Morgan fingerprint density at radius 3 is 2.57 bits per heavy atom. The summed E-state index contributed by atoms with van der Waals surface area (Å²) >= 11 is 11.9. The smallest absolute Gasteiger partial charge is 0.271 e. The van der Waals surface area contributed by atoms with E-state index in [0.29, 0.717) is 0 Å². The molecule has 8 heteroatoms. The zero-order chi connectivity index (χ0) is 15.6. The SMILES string of the molecule is O=C(c1cc([N+](=O)[O-])cc(Cl)c1Cl)N(CCO)C1CCC1. The molecule has 0 unspecified atom stereocenters. The zero-order valence-electron chi connectivity index (χ0n) is 11.1. The maximum atomic E-state index is 12.6. The van der Waals surface area contributed by atoms with Crippen LogP contribution in [0, 0.1) is 10.1 Å². The summed E-state index contributed by atoms with van der Waals surface area (Å²) in [5.74, 6) is -0.440. The van der Waals surface area contributed by atoms with Gasteiger partial charge in [0, 0.05) is 24.7 Å². The number of rotatable bonds is 5. The number of benzene rings is 1. The van der Waals surface area contributed by atoms with Gasteiger partial charge >= 0.3 is 0 Å². The van der Waals surface area contributed by atoms with Crippen LogP contribution in [-0.4, -0.2) is 40.0 Å². The van der Waals surface area contributed by atoms with Crippen LogP contribution in [0.3, 0.4) is 0 Å². The highest BCUT2D eigenvalue weighted by Crippen LogP contribution is 2.33. The Labute approximate surface area is 131 Å². The monoisotopic (exact) mass is 332 g/mol. The van der Waals surface area contributed by atoms with Crippen molar-refractivity contribution < 1.29 is 14.8 Å². The van der Waals surface area contributed by atoms with Crippen molar-refractivity contribution in [1.29, 1.82) is 0 Å². The standard InChI is InChI=1S/C13H14Cl2N2O4/c14-11-7-9(17(20)21)6-10(12(11)15)13(19)16(4-5-18)8-2-1-3-8/h6-8,18H,1-5H2. The Balaban J connectivity index is 2.38. The Kier molecular flexibility index (Phi) is 5.03. The highest BCUT2D eigenvalue weighted by molar-refractivity contribution is 6.44. The van der Waals surface area contributed by atoms with E-state index < -0.39 is 10.8 Å². The van der Waals surface area contributed by atoms with Crippen LogP contribution in [0.25, 0.3) is 0 Å². The maximum Gasteiger partial charge on any atom is 0.271 e. The van der Waals surface area contributed by atoms with Gasteiger partial charge in [0.1, 0.15) is 0 Å². The summed E-state index contributed by atoms with van der Waals surface area (Å²) in [7, 11) is 0. The van der Waals surface area contributed by atoms with Gasteiger partial charge < -0.3 is 10.0 Å². The van der Waals surface area contributed by atoms with E-state index in [4.69, 9.17) is 28.3 Å². The molecule has 0 aromatic heterocycles. The Morgan fingerprint density at radius 2 is 2.10 bits per heavy atom. The fraction of sp³-hybridized carbons (Fsp3) is 0.462. The summed E-state index contributed by atoms with van der Waals surface area (Å²) < 4.78 is 0. The predicted molar refractivity (Wildman–Crippen MR) is 78.9 cm³/mol. The van der Waals surface area contributed by atoms with Crippen LogP contribution in [0.5, 0.6) is 0 Å². The second-order valence-electron chi connectivity index (χ2n) is 4.85. The third kappa shape index (κ3) is 3.28. The van der Waals surface area contributed by atoms with Crippen molar-refractivity contribution in [1.82, 2.24) is 4.90 Å². The molecule has 0 aliphatic heterocycles. The van der Waals surface area contributed by atoms with Gasteiger partial charge in [-0.2, -0.15) is 0 Å². The van der Waals surface area contributed by atoms with Crippen LogP contribution in [0.4, 0.5) is 5.69 Å². The molecule has 0 radical (unpaired) electrons. The first-order valence-corrected chi connectivity index (χ1v) is 7.26. The van der Waals surface area contributed by atoms with Crippen molar-refractivity contribution in [2.24, 2.45) is 0 Å². The lowest BCUT2D eigenvalue weighted by molar-refractivity contribution is -0.384.